The Morgan fingerprint density at radius 1 is 1.20 bits per heavy atom. The van der Waals surface area contributed by atoms with Gasteiger partial charge in [0.2, 0.25) is 0 Å². The minimum atomic E-state index is 0.512. The fourth-order valence-electron chi connectivity index (χ4n) is 2.43. The third-order valence-corrected chi connectivity index (χ3v) is 3.04. The maximum absolute atomic E-state index is 5.72. The molecular formula is C13H20N2. The Morgan fingerprint density at radius 3 is 2.33 bits per heavy atom. The molecule has 2 heteroatoms. The van der Waals surface area contributed by atoms with E-state index in [0.717, 1.165) is 6.54 Å². The second-order valence-corrected chi connectivity index (χ2v) is 5.28. The minimum Gasteiger partial charge on any atom is -0.326 e. The highest BCUT2D eigenvalue weighted by atomic mass is 15.2. The third kappa shape index (κ3) is 2.39. The molecule has 2 rings (SSSR count). The fourth-order valence-corrected chi connectivity index (χ4v) is 2.43. The maximum Gasteiger partial charge on any atom is 0.0237 e. The van der Waals surface area contributed by atoms with Crippen LogP contribution in [-0.2, 0) is 13.1 Å². The smallest absolute Gasteiger partial charge is 0.0237 e. The van der Waals surface area contributed by atoms with Gasteiger partial charge in [-0.05, 0) is 16.5 Å². The Balaban J connectivity index is 2.00. The van der Waals surface area contributed by atoms with E-state index < -0.39 is 0 Å². The molecule has 0 radical (unpaired) electrons. The van der Waals surface area contributed by atoms with E-state index >= 15 is 0 Å². The summed E-state index contributed by atoms with van der Waals surface area (Å²) in [6, 6.07) is 8.47. The number of likely N-dealkylation sites (tertiary alicyclic amines) is 1. The van der Waals surface area contributed by atoms with Crippen molar-refractivity contribution in [2.45, 2.75) is 26.9 Å². The van der Waals surface area contributed by atoms with Crippen LogP contribution in [0.2, 0.25) is 0 Å². The van der Waals surface area contributed by atoms with Crippen LogP contribution in [-0.4, -0.2) is 18.0 Å². The van der Waals surface area contributed by atoms with Gasteiger partial charge in [-0.15, -0.1) is 0 Å². The molecule has 0 aliphatic carbocycles. The molecule has 0 atom stereocenters. The lowest BCUT2D eigenvalue weighted by Gasteiger charge is -2.46. The highest BCUT2D eigenvalue weighted by Gasteiger charge is 2.33. The largest absolute Gasteiger partial charge is 0.326 e. The molecule has 0 spiro atoms. The van der Waals surface area contributed by atoms with E-state index in [9.17, 15) is 0 Å². The van der Waals surface area contributed by atoms with Crippen molar-refractivity contribution < 1.29 is 0 Å². The van der Waals surface area contributed by atoms with Crippen LogP contribution < -0.4 is 5.73 Å². The van der Waals surface area contributed by atoms with Crippen LogP contribution in [0.15, 0.2) is 24.3 Å². The van der Waals surface area contributed by atoms with Crippen LogP contribution in [0.5, 0.6) is 0 Å². The molecule has 2 N–H and O–H groups in total. The van der Waals surface area contributed by atoms with Crippen LogP contribution in [0.3, 0.4) is 0 Å². The quantitative estimate of drug-likeness (QED) is 0.816. The van der Waals surface area contributed by atoms with Crippen molar-refractivity contribution in [1.82, 2.24) is 4.90 Å². The number of rotatable bonds is 3. The number of hydrogen-bond donors (Lipinski definition) is 1. The Kier molecular flexibility index (Phi) is 2.81. The van der Waals surface area contributed by atoms with Crippen LogP contribution in [0, 0.1) is 5.41 Å². The lowest BCUT2D eigenvalue weighted by molar-refractivity contribution is 0.0240. The summed E-state index contributed by atoms with van der Waals surface area (Å²) < 4.78 is 0. The van der Waals surface area contributed by atoms with E-state index in [0.29, 0.717) is 12.0 Å². The average Bonchev–Trinajstić information content (AvgIpc) is 2.16. The Labute approximate surface area is 92.1 Å². The third-order valence-electron chi connectivity index (χ3n) is 3.04. The molecule has 1 fully saturated rings. The molecule has 2 nitrogen and oxygen atoms in total. The molecule has 1 heterocycles. The summed E-state index contributed by atoms with van der Waals surface area (Å²) in [7, 11) is 0. The summed E-state index contributed by atoms with van der Waals surface area (Å²) in [5, 5.41) is 0. The van der Waals surface area contributed by atoms with Gasteiger partial charge in [-0.1, -0.05) is 38.1 Å². The van der Waals surface area contributed by atoms with Gasteiger partial charge in [-0.2, -0.15) is 0 Å². The zero-order valence-electron chi connectivity index (χ0n) is 9.66. The lowest BCUT2D eigenvalue weighted by atomic mass is 9.84. The standard InChI is InChI=1S/C13H20N2/c1-13(2)9-15(10-13)8-12-6-4-3-5-11(12)7-14/h3-6H,7-10,14H2,1-2H3. The summed E-state index contributed by atoms with van der Waals surface area (Å²) in [6.07, 6.45) is 0. The van der Waals surface area contributed by atoms with Gasteiger partial charge >= 0.3 is 0 Å². The Hall–Kier alpha value is -0.860. The average molecular weight is 204 g/mol. The highest BCUT2D eigenvalue weighted by Crippen LogP contribution is 2.30. The van der Waals surface area contributed by atoms with E-state index in [1.807, 2.05) is 0 Å². The van der Waals surface area contributed by atoms with Gasteiger partial charge in [0.25, 0.3) is 0 Å². The van der Waals surface area contributed by atoms with Crippen molar-refractivity contribution in [2.75, 3.05) is 13.1 Å². The second kappa shape index (κ2) is 3.95. The molecule has 0 amide bonds. The monoisotopic (exact) mass is 204 g/mol. The fraction of sp³-hybridized carbons (Fsp3) is 0.538. The van der Waals surface area contributed by atoms with Crippen molar-refractivity contribution in [3.05, 3.63) is 35.4 Å². The number of nitrogens with two attached hydrogens (primary N) is 1. The number of hydrogen-bond acceptors (Lipinski definition) is 2. The van der Waals surface area contributed by atoms with E-state index in [-0.39, 0.29) is 0 Å². The summed E-state index contributed by atoms with van der Waals surface area (Å²) in [4.78, 5) is 2.48. The summed E-state index contributed by atoms with van der Waals surface area (Å²) >= 11 is 0. The summed E-state index contributed by atoms with van der Waals surface area (Å²) in [6.45, 7) is 8.73. The zero-order chi connectivity index (χ0) is 10.9. The van der Waals surface area contributed by atoms with E-state index in [2.05, 4.69) is 43.0 Å². The normalized spacial score (nSPS) is 19.9. The van der Waals surface area contributed by atoms with Gasteiger partial charge in [0.05, 0.1) is 0 Å². The number of nitrogens with zero attached hydrogens (tertiary/aromatic N) is 1. The highest BCUT2D eigenvalue weighted by molar-refractivity contribution is 5.27. The van der Waals surface area contributed by atoms with Gasteiger partial charge < -0.3 is 5.73 Å². The van der Waals surface area contributed by atoms with Crippen LogP contribution >= 0.6 is 0 Å². The van der Waals surface area contributed by atoms with Gasteiger partial charge in [0.15, 0.2) is 0 Å². The molecule has 1 saturated heterocycles. The summed E-state index contributed by atoms with van der Waals surface area (Å²) in [5.74, 6) is 0. The molecule has 15 heavy (non-hydrogen) atoms. The Bertz CT molecular complexity index is 336. The molecule has 0 aromatic heterocycles. The first kappa shape index (κ1) is 10.7. The first-order chi connectivity index (χ1) is 7.11. The van der Waals surface area contributed by atoms with Crippen molar-refractivity contribution in [1.29, 1.82) is 0 Å². The van der Waals surface area contributed by atoms with Crippen molar-refractivity contribution in [3.63, 3.8) is 0 Å². The van der Waals surface area contributed by atoms with Crippen molar-refractivity contribution in [3.8, 4) is 0 Å². The van der Waals surface area contributed by atoms with Gasteiger partial charge in [-0.25, -0.2) is 0 Å². The van der Waals surface area contributed by atoms with Crippen molar-refractivity contribution in [2.24, 2.45) is 11.1 Å². The van der Waals surface area contributed by atoms with Gasteiger partial charge in [-0.3, -0.25) is 4.90 Å². The molecule has 1 aromatic rings. The van der Waals surface area contributed by atoms with Crippen LogP contribution in [0.1, 0.15) is 25.0 Å². The van der Waals surface area contributed by atoms with Crippen LogP contribution in [0.4, 0.5) is 0 Å². The molecular weight excluding hydrogens is 184 g/mol. The molecule has 82 valence electrons. The second-order valence-electron chi connectivity index (χ2n) is 5.28. The van der Waals surface area contributed by atoms with Crippen LogP contribution in [0.25, 0.3) is 0 Å². The lowest BCUT2D eigenvalue weighted by Crippen LogP contribution is -2.52. The minimum absolute atomic E-state index is 0.512. The zero-order valence-corrected chi connectivity index (χ0v) is 9.66. The first-order valence-electron chi connectivity index (χ1n) is 5.60. The summed E-state index contributed by atoms with van der Waals surface area (Å²) in [5.41, 5.74) is 8.90. The molecule has 1 aromatic carbocycles. The first-order valence-corrected chi connectivity index (χ1v) is 5.60. The molecule has 0 bridgehead atoms. The topological polar surface area (TPSA) is 29.3 Å². The molecule has 1 aliphatic heterocycles. The van der Waals surface area contributed by atoms with E-state index in [1.54, 1.807) is 0 Å². The SMILES string of the molecule is CC1(C)CN(Cc2ccccc2CN)C1. The predicted molar refractivity (Wildman–Crippen MR) is 63.4 cm³/mol. The van der Waals surface area contributed by atoms with Crippen molar-refractivity contribution >= 4 is 0 Å². The number of benzene rings is 1. The molecule has 1 aliphatic rings. The van der Waals surface area contributed by atoms with Gasteiger partial charge in [0.1, 0.15) is 0 Å². The molecule has 0 unspecified atom stereocenters. The Morgan fingerprint density at radius 2 is 1.80 bits per heavy atom. The maximum atomic E-state index is 5.72. The predicted octanol–water partition coefficient (Wildman–Crippen LogP) is 1.99. The van der Waals surface area contributed by atoms with Gasteiger partial charge in [0, 0.05) is 26.2 Å². The van der Waals surface area contributed by atoms with E-state index in [1.165, 1.54) is 24.2 Å². The molecule has 0 saturated carbocycles. The van der Waals surface area contributed by atoms with E-state index in [4.69, 9.17) is 5.73 Å².